The Balaban J connectivity index is 1.71. The molecule has 2 aromatic carbocycles. The number of aromatic hydroxyl groups is 1. The van der Waals surface area contributed by atoms with E-state index in [1.165, 1.54) is 11.3 Å². The zero-order valence-corrected chi connectivity index (χ0v) is 16.3. The number of rotatable bonds is 7. The summed E-state index contributed by atoms with van der Waals surface area (Å²) < 4.78 is 10.6. The number of nitrogens with one attached hydrogen (secondary N) is 1. The van der Waals surface area contributed by atoms with E-state index in [-0.39, 0.29) is 10.8 Å². The van der Waals surface area contributed by atoms with E-state index in [2.05, 4.69) is 15.5 Å². The molecular weight excluding hydrogens is 386 g/mol. The highest BCUT2D eigenvalue weighted by molar-refractivity contribution is 7.14. The topological polar surface area (TPSA) is 76.0 Å². The van der Waals surface area contributed by atoms with Gasteiger partial charge in [-0.2, -0.15) is 5.10 Å². The Morgan fingerprint density at radius 2 is 2.19 bits per heavy atom. The molecule has 6 nitrogen and oxygen atoms in total. The minimum absolute atomic E-state index is 0.0773. The molecule has 0 saturated carbocycles. The van der Waals surface area contributed by atoms with Gasteiger partial charge < -0.3 is 14.6 Å². The van der Waals surface area contributed by atoms with E-state index >= 15 is 0 Å². The molecule has 0 unspecified atom stereocenters. The molecule has 2 N–H and O–H groups in total. The molecule has 140 valence electrons. The number of hydrazone groups is 1. The number of ether oxygens (including phenoxy) is 2. The van der Waals surface area contributed by atoms with Crippen molar-refractivity contribution < 1.29 is 14.6 Å². The van der Waals surface area contributed by atoms with Gasteiger partial charge in [-0.05, 0) is 36.8 Å². The minimum atomic E-state index is -0.0773. The van der Waals surface area contributed by atoms with E-state index in [9.17, 15) is 5.11 Å². The molecule has 0 saturated heterocycles. The zero-order valence-electron chi connectivity index (χ0n) is 14.8. The van der Waals surface area contributed by atoms with Crippen LogP contribution in [0, 0.1) is 0 Å². The summed E-state index contributed by atoms with van der Waals surface area (Å²) in [5.74, 6) is 1.02. The van der Waals surface area contributed by atoms with Crippen molar-refractivity contribution in [1.82, 2.24) is 4.98 Å². The second kappa shape index (κ2) is 8.75. The lowest BCUT2D eigenvalue weighted by Gasteiger charge is -2.08. The summed E-state index contributed by atoms with van der Waals surface area (Å²) in [6.45, 7) is 2.26. The van der Waals surface area contributed by atoms with Gasteiger partial charge in [-0.3, -0.25) is 5.43 Å². The minimum Gasteiger partial charge on any atom is -0.503 e. The quantitative estimate of drug-likeness (QED) is 0.427. The Hall–Kier alpha value is -2.77. The summed E-state index contributed by atoms with van der Waals surface area (Å²) in [7, 11) is 1.63. The van der Waals surface area contributed by atoms with Crippen LogP contribution in [-0.4, -0.2) is 30.0 Å². The van der Waals surface area contributed by atoms with Crippen molar-refractivity contribution in [1.29, 1.82) is 0 Å². The first-order valence-corrected chi connectivity index (χ1v) is 9.40. The fourth-order valence-electron chi connectivity index (χ4n) is 2.34. The number of anilines is 1. The average Bonchev–Trinajstić information content (AvgIpc) is 3.15. The van der Waals surface area contributed by atoms with E-state index in [1.54, 1.807) is 25.5 Å². The van der Waals surface area contributed by atoms with Crippen LogP contribution in [0.15, 0.2) is 46.9 Å². The molecule has 0 spiro atoms. The predicted octanol–water partition coefficient (Wildman–Crippen LogP) is 5.02. The Kier molecular flexibility index (Phi) is 6.16. The van der Waals surface area contributed by atoms with Crippen LogP contribution >= 0.6 is 22.9 Å². The van der Waals surface area contributed by atoms with Crippen LogP contribution < -0.4 is 14.9 Å². The van der Waals surface area contributed by atoms with Crippen molar-refractivity contribution in [3.63, 3.8) is 0 Å². The van der Waals surface area contributed by atoms with Gasteiger partial charge in [0.25, 0.3) is 0 Å². The van der Waals surface area contributed by atoms with Crippen LogP contribution in [0.1, 0.15) is 12.5 Å². The number of nitrogens with zero attached hydrogens (tertiary/aromatic N) is 2. The first-order chi connectivity index (χ1) is 13.1. The molecule has 0 radical (unpaired) electrons. The van der Waals surface area contributed by atoms with Crippen LogP contribution in [0.2, 0.25) is 5.02 Å². The summed E-state index contributed by atoms with van der Waals surface area (Å²) >= 11 is 7.46. The summed E-state index contributed by atoms with van der Waals surface area (Å²) in [6.07, 6.45) is 1.58. The molecule has 0 aliphatic heterocycles. The van der Waals surface area contributed by atoms with Crippen molar-refractivity contribution in [2.75, 3.05) is 19.1 Å². The molecule has 0 fully saturated rings. The molecule has 3 aromatic rings. The highest BCUT2D eigenvalue weighted by Gasteiger charge is 2.09. The van der Waals surface area contributed by atoms with Gasteiger partial charge in [-0.15, -0.1) is 11.3 Å². The van der Waals surface area contributed by atoms with Crippen LogP contribution in [0.5, 0.6) is 17.2 Å². The summed E-state index contributed by atoms with van der Waals surface area (Å²) in [5.41, 5.74) is 5.39. The molecule has 0 aliphatic rings. The monoisotopic (exact) mass is 403 g/mol. The van der Waals surface area contributed by atoms with E-state index in [0.717, 1.165) is 17.0 Å². The van der Waals surface area contributed by atoms with E-state index < -0.39 is 0 Å². The predicted molar refractivity (Wildman–Crippen MR) is 110 cm³/mol. The molecule has 1 heterocycles. The Bertz CT molecular complexity index is 959. The fraction of sp³-hybridized carbons (Fsp3) is 0.158. The maximum absolute atomic E-state index is 9.87. The Labute approximate surface area is 166 Å². The molecule has 3 rings (SSSR count). The van der Waals surface area contributed by atoms with Gasteiger partial charge in [0.2, 0.25) is 5.13 Å². The van der Waals surface area contributed by atoms with Crippen molar-refractivity contribution in [3.8, 4) is 28.5 Å². The third-order valence-corrected chi connectivity index (χ3v) is 4.63. The highest BCUT2D eigenvalue weighted by atomic mass is 35.5. The second-order valence-corrected chi connectivity index (χ2v) is 6.69. The van der Waals surface area contributed by atoms with Gasteiger partial charge in [0.05, 0.1) is 30.6 Å². The molecule has 0 bridgehead atoms. The average molecular weight is 404 g/mol. The molecule has 1 aromatic heterocycles. The third kappa shape index (κ3) is 4.69. The van der Waals surface area contributed by atoms with Crippen molar-refractivity contribution in [3.05, 3.63) is 52.4 Å². The number of thiazole rings is 1. The SMILES string of the molecule is CCOc1cc(/C=N\Nc2nc(-c3cccc(OC)c3)cs2)cc(Cl)c1O. The summed E-state index contributed by atoms with van der Waals surface area (Å²) in [5, 5.41) is 16.8. The highest BCUT2D eigenvalue weighted by Crippen LogP contribution is 2.34. The number of hydrogen-bond acceptors (Lipinski definition) is 7. The van der Waals surface area contributed by atoms with E-state index in [4.69, 9.17) is 21.1 Å². The largest absolute Gasteiger partial charge is 0.503 e. The standard InChI is InChI=1S/C19H18ClN3O3S/c1-3-26-17-8-12(7-15(20)18(17)24)10-21-23-19-22-16(11-27-19)13-5-4-6-14(9-13)25-2/h4-11,24H,3H2,1-2H3,(H,22,23)/b21-10-. The molecule has 0 aliphatic carbocycles. The van der Waals surface area contributed by atoms with Gasteiger partial charge in [-0.25, -0.2) is 4.98 Å². The van der Waals surface area contributed by atoms with Crippen molar-refractivity contribution in [2.45, 2.75) is 6.92 Å². The number of hydrogen-bond donors (Lipinski definition) is 2. The number of halogens is 1. The second-order valence-electron chi connectivity index (χ2n) is 5.42. The normalized spacial score (nSPS) is 10.9. The van der Waals surface area contributed by atoms with Gasteiger partial charge in [0.1, 0.15) is 5.75 Å². The zero-order chi connectivity index (χ0) is 19.2. The summed E-state index contributed by atoms with van der Waals surface area (Å²) in [4.78, 5) is 4.51. The first kappa shape index (κ1) is 19.0. The smallest absolute Gasteiger partial charge is 0.203 e. The lowest BCUT2D eigenvalue weighted by Crippen LogP contribution is -1.95. The van der Waals surface area contributed by atoms with Gasteiger partial charge in [0.15, 0.2) is 11.5 Å². The lowest BCUT2D eigenvalue weighted by atomic mass is 10.2. The lowest BCUT2D eigenvalue weighted by molar-refractivity contribution is 0.318. The van der Waals surface area contributed by atoms with Crippen LogP contribution in [0.25, 0.3) is 11.3 Å². The number of methoxy groups -OCH3 is 1. The first-order valence-electron chi connectivity index (χ1n) is 8.15. The molecule has 0 atom stereocenters. The van der Waals surface area contributed by atoms with Crippen LogP contribution in [-0.2, 0) is 0 Å². The molecule has 0 amide bonds. The molecule has 8 heteroatoms. The fourth-order valence-corrected chi connectivity index (χ4v) is 3.22. The van der Waals surface area contributed by atoms with Gasteiger partial charge >= 0.3 is 0 Å². The molecule has 27 heavy (non-hydrogen) atoms. The third-order valence-electron chi connectivity index (χ3n) is 3.59. The maximum Gasteiger partial charge on any atom is 0.203 e. The Morgan fingerprint density at radius 3 is 2.96 bits per heavy atom. The molecular formula is C19H18ClN3O3S. The van der Waals surface area contributed by atoms with Crippen LogP contribution in [0.3, 0.4) is 0 Å². The van der Waals surface area contributed by atoms with Gasteiger partial charge in [0, 0.05) is 10.9 Å². The Morgan fingerprint density at radius 1 is 1.33 bits per heavy atom. The number of phenolic OH excluding ortho intramolecular Hbond substituents is 1. The van der Waals surface area contributed by atoms with Gasteiger partial charge in [-0.1, -0.05) is 23.7 Å². The van der Waals surface area contributed by atoms with Crippen molar-refractivity contribution >= 4 is 34.3 Å². The van der Waals surface area contributed by atoms with E-state index in [0.29, 0.717) is 23.1 Å². The van der Waals surface area contributed by atoms with E-state index in [1.807, 2.05) is 36.6 Å². The van der Waals surface area contributed by atoms with Crippen LogP contribution in [0.4, 0.5) is 5.13 Å². The maximum atomic E-state index is 9.87. The number of aromatic nitrogens is 1. The number of benzene rings is 2. The number of phenols is 1. The summed E-state index contributed by atoms with van der Waals surface area (Å²) in [6, 6.07) is 11.0. The van der Waals surface area contributed by atoms with Crippen molar-refractivity contribution in [2.24, 2.45) is 5.10 Å².